The fourth-order valence-electron chi connectivity index (χ4n) is 1.51. The largest absolute Gasteiger partial charge is 0.370 e. The van der Waals surface area contributed by atoms with Crippen LogP contribution in [0.1, 0.15) is 13.8 Å². The number of anilines is 3. The zero-order valence-corrected chi connectivity index (χ0v) is 11.8. The number of aromatic nitrogens is 2. The Balaban J connectivity index is 2.09. The number of rotatable bonds is 5. The molecule has 0 radical (unpaired) electrons. The van der Waals surface area contributed by atoms with Gasteiger partial charge in [-0.25, -0.2) is 4.98 Å². The van der Waals surface area contributed by atoms with Gasteiger partial charge in [-0.3, -0.25) is 0 Å². The highest BCUT2D eigenvalue weighted by Gasteiger charge is 2.03. The van der Waals surface area contributed by atoms with Crippen LogP contribution in [0.5, 0.6) is 0 Å². The zero-order valence-electron chi connectivity index (χ0n) is 11.0. The molecule has 0 aliphatic rings. The molecule has 1 aromatic carbocycles. The summed E-state index contributed by atoms with van der Waals surface area (Å²) in [4.78, 5) is 8.57. The summed E-state index contributed by atoms with van der Waals surface area (Å²) >= 11 is 6.08. The number of benzene rings is 1. The summed E-state index contributed by atoms with van der Waals surface area (Å²) in [7, 11) is 0. The summed E-state index contributed by atoms with van der Waals surface area (Å²) < 4.78 is 0. The third-order valence-corrected chi connectivity index (χ3v) is 2.80. The number of hydrogen-bond donors (Lipinski definition) is 2. The van der Waals surface area contributed by atoms with Gasteiger partial charge in [-0.2, -0.15) is 4.98 Å². The van der Waals surface area contributed by atoms with Crippen LogP contribution in [0.15, 0.2) is 36.5 Å². The SMILES string of the molecule is CC(C)CNc1ccnc(Nc2ccccc2Cl)n1. The first-order chi connectivity index (χ1) is 9.15. The molecule has 0 saturated carbocycles. The molecule has 0 unspecified atom stereocenters. The van der Waals surface area contributed by atoms with Crippen molar-refractivity contribution in [2.45, 2.75) is 13.8 Å². The Labute approximate surface area is 118 Å². The van der Waals surface area contributed by atoms with Gasteiger partial charge in [-0.15, -0.1) is 0 Å². The summed E-state index contributed by atoms with van der Waals surface area (Å²) in [6, 6.07) is 9.36. The van der Waals surface area contributed by atoms with Gasteiger partial charge in [0.1, 0.15) is 5.82 Å². The number of hydrogen-bond acceptors (Lipinski definition) is 4. The van der Waals surface area contributed by atoms with Gasteiger partial charge in [0.2, 0.25) is 5.95 Å². The minimum absolute atomic E-state index is 0.529. The highest BCUT2D eigenvalue weighted by atomic mass is 35.5. The van der Waals surface area contributed by atoms with E-state index in [0.29, 0.717) is 16.9 Å². The molecule has 0 amide bonds. The molecule has 19 heavy (non-hydrogen) atoms. The van der Waals surface area contributed by atoms with Crippen LogP contribution in [0.25, 0.3) is 0 Å². The second-order valence-electron chi connectivity index (χ2n) is 4.65. The molecule has 2 N–H and O–H groups in total. The predicted octanol–water partition coefficient (Wildman–Crippen LogP) is 3.94. The number of nitrogens with zero attached hydrogens (tertiary/aromatic N) is 2. The zero-order chi connectivity index (χ0) is 13.7. The maximum atomic E-state index is 6.08. The van der Waals surface area contributed by atoms with E-state index in [1.807, 2.05) is 30.3 Å². The van der Waals surface area contributed by atoms with Crippen molar-refractivity contribution in [3.63, 3.8) is 0 Å². The van der Waals surface area contributed by atoms with Crippen molar-refractivity contribution in [1.29, 1.82) is 0 Å². The van der Waals surface area contributed by atoms with Gasteiger partial charge in [0.05, 0.1) is 10.7 Å². The van der Waals surface area contributed by atoms with E-state index >= 15 is 0 Å². The number of para-hydroxylation sites is 1. The molecule has 1 aromatic heterocycles. The third kappa shape index (κ3) is 4.10. The molecule has 0 atom stereocenters. The van der Waals surface area contributed by atoms with Gasteiger partial charge in [-0.05, 0) is 24.1 Å². The molecule has 5 heteroatoms. The van der Waals surface area contributed by atoms with Gasteiger partial charge in [0.15, 0.2) is 0 Å². The van der Waals surface area contributed by atoms with Gasteiger partial charge in [-0.1, -0.05) is 37.6 Å². The summed E-state index contributed by atoms with van der Waals surface area (Å²) in [5.41, 5.74) is 0.796. The lowest BCUT2D eigenvalue weighted by Crippen LogP contribution is -2.10. The van der Waals surface area contributed by atoms with E-state index in [1.165, 1.54) is 0 Å². The fourth-order valence-corrected chi connectivity index (χ4v) is 1.69. The second-order valence-corrected chi connectivity index (χ2v) is 5.05. The van der Waals surface area contributed by atoms with Crippen molar-refractivity contribution in [2.24, 2.45) is 5.92 Å². The lowest BCUT2D eigenvalue weighted by Gasteiger charge is -2.10. The minimum Gasteiger partial charge on any atom is -0.370 e. The van der Waals surface area contributed by atoms with E-state index in [-0.39, 0.29) is 0 Å². The molecule has 2 aromatic rings. The molecular weight excluding hydrogens is 260 g/mol. The van der Waals surface area contributed by atoms with E-state index in [0.717, 1.165) is 18.1 Å². The Morgan fingerprint density at radius 2 is 2.00 bits per heavy atom. The van der Waals surface area contributed by atoms with Crippen molar-refractivity contribution >= 4 is 29.1 Å². The number of halogens is 1. The Morgan fingerprint density at radius 1 is 1.21 bits per heavy atom. The second kappa shape index (κ2) is 6.38. The van der Waals surface area contributed by atoms with Gasteiger partial charge < -0.3 is 10.6 Å². The average Bonchev–Trinajstić information content (AvgIpc) is 2.40. The maximum Gasteiger partial charge on any atom is 0.229 e. The lowest BCUT2D eigenvalue weighted by atomic mass is 10.2. The van der Waals surface area contributed by atoms with Crippen molar-refractivity contribution in [3.05, 3.63) is 41.6 Å². The Bertz CT molecular complexity index is 542. The molecule has 4 nitrogen and oxygen atoms in total. The molecule has 0 fully saturated rings. The van der Waals surface area contributed by atoms with Gasteiger partial charge in [0, 0.05) is 12.7 Å². The van der Waals surface area contributed by atoms with Gasteiger partial charge in [0.25, 0.3) is 0 Å². The van der Waals surface area contributed by atoms with Crippen LogP contribution in [-0.2, 0) is 0 Å². The Hall–Kier alpha value is -1.81. The number of nitrogens with one attached hydrogen (secondary N) is 2. The lowest BCUT2D eigenvalue weighted by molar-refractivity contribution is 0.687. The Kier molecular flexibility index (Phi) is 4.58. The van der Waals surface area contributed by atoms with Crippen molar-refractivity contribution in [3.8, 4) is 0 Å². The van der Waals surface area contributed by atoms with E-state index < -0.39 is 0 Å². The first kappa shape index (κ1) is 13.6. The molecule has 1 heterocycles. The standard InChI is InChI=1S/C14H17ClN4/c1-10(2)9-17-13-7-8-16-14(19-13)18-12-6-4-3-5-11(12)15/h3-8,10H,9H2,1-2H3,(H2,16,17,18,19). The summed E-state index contributed by atoms with van der Waals surface area (Å²) in [6.45, 7) is 5.18. The monoisotopic (exact) mass is 276 g/mol. The summed E-state index contributed by atoms with van der Waals surface area (Å²) in [5, 5.41) is 7.01. The van der Waals surface area contributed by atoms with Crippen LogP contribution in [0.2, 0.25) is 5.02 Å². The minimum atomic E-state index is 0.529. The first-order valence-corrected chi connectivity index (χ1v) is 6.61. The molecule has 100 valence electrons. The average molecular weight is 277 g/mol. The quantitative estimate of drug-likeness (QED) is 0.868. The molecule has 0 bridgehead atoms. The highest BCUT2D eigenvalue weighted by Crippen LogP contribution is 2.23. The van der Waals surface area contributed by atoms with E-state index in [4.69, 9.17) is 11.6 Å². The topological polar surface area (TPSA) is 49.8 Å². The van der Waals surface area contributed by atoms with Crippen LogP contribution in [0.4, 0.5) is 17.5 Å². The fraction of sp³-hybridized carbons (Fsp3) is 0.286. The summed E-state index contributed by atoms with van der Waals surface area (Å²) in [6.07, 6.45) is 1.72. The van der Waals surface area contributed by atoms with Crippen LogP contribution in [0, 0.1) is 5.92 Å². The van der Waals surface area contributed by atoms with Crippen molar-refractivity contribution < 1.29 is 0 Å². The smallest absolute Gasteiger partial charge is 0.229 e. The molecule has 0 aliphatic carbocycles. The van der Waals surface area contributed by atoms with Crippen LogP contribution in [0.3, 0.4) is 0 Å². The normalized spacial score (nSPS) is 10.5. The third-order valence-electron chi connectivity index (χ3n) is 2.47. The van der Waals surface area contributed by atoms with Crippen molar-refractivity contribution in [1.82, 2.24) is 9.97 Å². The van der Waals surface area contributed by atoms with E-state index in [2.05, 4.69) is 34.4 Å². The molecule has 0 aliphatic heterocycles. The molecular formula is C14H17ClN4. The maximum absolute atomic E-state index is 6.08. The first-order valence-electron chi connectivity index (χ1n) is 6.23. The molecule has 2 rings (SSSR count). The molecule has 0 spiro atoms. The predicted molar refractivity (Wildman–Crippen MR) is 80.1 cm³/mol. The van der Waals surface area contributed by atoms with Gasteiger partial charge >= 0.3 is 0 Å². The van der Waals surface area contributed by atoms with Crippen LogP contribution in [-0.4, -0.2) is 16.5 Å². The van der Waals surface area contributed by atoms with Crippen LogP contribution < -0.4 is 10.6 Å². The van der Waals surface area contributed by atoms with E-state index in [1.54, 1.807) is 6.20 Å². The van der Waals surface area contributed by atoms with Crippen molar-refractivity contribution in [2.75, 3.05) is 17.2 Å². The Morgan fingerprint density at radius 3 is 2.74 bits per heavy atom. The molecule has 0 saturated heterocycles. The van der Waals surface area contributed by atoms with E-state index in [9.17, 15) is 0 Å². The summed E-state index contributed by atoms with van der Waals surface area (Å²) in [5.74, 6) is 1.90. The van der Waals surface area contributed by atoms with Crippen LogP contribution >= 0.6 is 11.6 Å². The highest BCUT2D eigenvalue weighted by molar-refractivity contribution is 6.33.